The van der Waals surface area contributed by atoms with E-state index in [1.165, 1.54) is 10.9 Å². The van der Waals surface area contributed by atoms with E-state index in [1.54, 1.807) is 31.3 Å². The van der Waals surface area contributed by atoms with Gasteiger partial charge >= 0.3 is 5.97 Å². The fourth-order valence-electron chi connectivity index (χ4n) is 1.77. The highest BCUT2D eigenvalue weighted by Gasteiger charge is 2.30. The zero-order chi connectivity index (χ0) is 16.3. The largest absolute Gasteiger partial charge is 0.479 e. The number of nitrogens with zero attached hydrogens (tertiary/aromatic N) is 3. The molecule has 8 nitrogen and oxygen atoms in total. The molecular formula is C14H16N4O4. The zero-order valence-corrected chi connectivity index (χ0v) is 12.1. The number of carboxylic acids is 1. The molecule has 1 unspecified atom stereocenters. The first-order valence-corrected chi connectivity index (χ1v) is 6.53. The van der Waals surface area contributed by atoms with Crippen molar-refractivity contribution in [2.24, 2.45) is 0 Å². The quantitative estimate of drug-likeness (QED) is 0.723. The van der Waals surface area contributed by atoms with Crippen LogP contribution in [0.1, 0.15) is 23.0 Å². The van der Waals surface area contributed by atoms with Crippen LogP contribution in [-0.4, -0.2) is 49.0 Å². The summed E-state index contributed by atoms with van der Waals surface area (Å²) in [5.41, 5.74) is -1.18. The lowest BCUT2D eigenvalue weighted by Crippen LogP contribution is -2.46. The molecule has 2 aromatic heterocycles. The summed E-state index contributed by atoms with van der Waals surface area (Å²) >= 11 is 0. The fourth-order valence-corrected chi connectivity index (χ4v) is 1.77. The highest BCUT2D eigenvalue weighted by Crippen LogP contribution is 2.12. The van der Waals surface area contributed by atoms with Crippen molar-refractivity contribution in [1.82, 2.24) is 20.1 Å². The van der Waals surface area contributed by atoms with Crippen molar-refractivity contribution in [3.63, 3.8) is 0 Å². The lowest BCUT2D eigenvalue weighted by atomic mass is 10.1. The molecule has 0 radical (unpaired) electrons. The van der Waals surface area contributed by atoms with Crippen LogP contribution in [0.5, 0.6) is 0 Å². The first kappa shape index (κ1) is 15.6. The molecule has 2 aromatic rings. The monoisotopic (exact) mass is 304 g/mol. The van der Waals surface area contributed by atoms with Crippen molar-refractivity contribution < 1.29 is 19.8 Å². The summed E-state index contributed by atoms with van der Waals surface area (Å²) in [6.07, 6.45) is 2.98. The average molecular weight is 304 g/mol. The van der Waals surface area contributed by atoms with Crippen LogP contribution < -0.4 is 5.32 Å². The smallest absolute Gasteiger partial charge is 0.337 e. The normalized spacial score (nSPS) is 13.4. The molecule has 0 bridgehead atoms. The molecule has 0 aliphatic rings. The number of aromatic nitrogens is 3. The van der Waals surface area contributed by atoms with Gasteiger partial charge in [-0.25, -0.2) is 14.5 Å². The number of aliphatic hydroxyl groups is 1. The van der Waals surface area contributed by atoms with Crippen LogP contribution in [-0.2, 0) is 4.79 Å². The van der Waals surface area contributed by atoms with Gasteiger partial charge in [0.25, 0.3) is 5.91 Å². The highest BCUT2D eigenvalue weighted by molar-refractivity contribution is 5.95. The minimum atomic E-state index is -2.03. The summed E-state index contributed by atoms with van der Waals surface area (Å²) in [5.74, 6) is -1.36. The summed E-state index contributed by atoms with van der Waals surface area (Å²) in [6, 6.07) is 5.31. The minimum Gasteiger partial charge on any atom is -0.479 e. The van der Waals surface area contributed by atoms with Crippen LogP contribution in [0.15, 0.2) is 30.6 Å². The van der Waals surface area contributed by atoms with Crippen LogP contribution in [0, 0.1) is 6.92 Å². The Bertz CT molecular complexity index is 694. The summed E-state index contributed by atoms with van der Waals surface area (Å²) in [4.78, 5) is 27.0. The maximum Gasteiger partial charge on any atom is 0.337 e. The second-order valence-corrected chi connectivity index (χ2v) is 5.01. The summed E-state index contributed by atoms with van der Waals surface area (Å²) < 4.78 is 1.50. The molecule has 116 valence electrons. The predicted molar refractivity (Wildman–Crippen MR) is 76.7 cm³/mol. The van der Waals surface area contributed by atoms with Crippen molar-refractivity contribution in [2.45, 2.75) is 19.4 Å². The third kappa shape index (κ3) is 3.12. The topological polar surface area (TPSA) is 117 Å². The summed E-state index contributed by atoms with van der Waals surface area (Å²) in [7, 11) is 0. The number of hydrogen-bond acceptors (Lipinski definition) is 5. The fraction of sp³-hybridized carbons (Fsp3) is 0.286. The van der Waals surface area contributed by atoms with E-state index in [-0.39, 0.29) is 5.56 Å². The number of carbonyl (C=O) groups excluding carboxylic acids is 1. The molecule has 22 heavy (non-hydrogen) atoms. The maximum absolute atomic E-state index is 12.1. The number of carbonyl (C=O) groups is 2. The molecule has 0 aliphatic heterocycles. The molecule has 1 amide bonds. The molecule has 3 N–H and O–H groups in total. The lowest BCUT2D eigenvalue weighted by molar-refractivity contribution is -0.155. The molecule has 0 spiro atoms. The molecule has 2 heterocycles. The van der Waals surface area contributed by atoms with E-state index < -0.39 is 24.0 Å². The lowest BCUT2D eigenvalue weighted by Gasteiger charge is -2.18. The Kier molecular flexibility index (Phi) is 4.22. The van der Waals surface area contributed by atoms with Crippen LogP contribution in [0.3, 0.4) is 0 Å². The van der Waals surface area contributed by atoms with Crippen LogP contribution in [0.25, 0.3) is 5.82 Å². The van der Waals surface area contributed by atoms with Crippen molar-refractivity contribution in [3.05, 3.63) is 41.9 Å². The Labute approximate surface area is 126 Å². The number of nitrogens with one attached hydrogen (secondary N) is 1. The van der Waals surface area contributed by atoms with E-state index in [9.17, 15) is 14.7 Å². The van der Waals surface area contributed by atoms with Gasteiger partial charge in [0, 0.05) is 6.20 Å². The van der Waals surface area contributed by atoms with Gasteiger partial charge < -0.3 is 15.5 Å². The number of carboxylic acid groups (broad SMARTS) is 1. The van der Waals surface area contributed by atoms with Gasteiger partial charge in [-0.1, -0.05) is 6.07 Å². The van der Waals surface area contributed by atoms with Gasteiger partial charge in [0.15, 0.2) is 11.4 Å². The Morgan fingerprint density at radius 3 is 2.73 bits per heavy atom. The van der Waals surface area contributed by atoms with E-state index in [0.717, 1.165) is 6.92 Å². The van der Waals surface area contributed by atoms with Gasteiger partial charge in [0.05, 0.1) is 24.0 Å². The van der Waals surface area contributed by atoms with Crippen molar-refractivity contribution >= 4 is 11.9 Å². The SMILES string of the molecule is Cc1c(C(=O)NCC(C)(O)C(=O)O)cnn1-c1ccccn1. The minimum absolute atomic E-state index is 0.284. The van der Waals surface area contributed by atoms with Crippen LogP contribution in [0.4, 0.5) is 0 Å². The van der Waals surface area contributed by atoms with E-state index in [0.29, 0.717) is 11.5 Å². The van der Waals surface area contributed by atoms with E-state index in [4.69, 9.17) is 5.11 Å². The molecule has 0 fully saturated rings. The third-order valence-corrected chi connectivity index (χ3v) is 3.17. The van der Waals surface area contributed by atoms with Crippen molar-refractivity contribution in [3.8, 4) is 5.82 Å². The third-order valence-electron chi connectivity index (χ3n) is 3.17. The number of hydrogen-bond donors (Lipinski definition) is 3. The van der Waals surface area contributed by atoms with E-state index in [1.807, 2.05) is 0 Å². The van der Waals surface area contributed by atoms with Gasteiger partial charge in [-0.3, -0.25) is 4.79 Å². The molecular weight excluding hydrogens is 288 g/mol. The highest BCUT2D eigenvalue weighted by atomic mass is 16.4. The summed E-state index contributed by atoms with van der Waals surface area (Å²) in [5, 5.41) is 24.9. The van der Waals surface area contributed by atoms with Gasteiger partial charge in [-0.15, -0.1) is 0 Å². The van der Waals surface area contributed by atoms with E-state index in [2.05, 4.69) is 15.4 Å². The second kappa shape index (κ2) is 5.94. The average Bonchev–Trinajstić information content (AvgIpc) is 2.87. The van der Waals surface area contributed by atoms with Gasteiger partial charge in [0.2, 0.25) is 0 Å². The van der Waals surface area contributed by atoms with Crippen molar-refractivity contribution in [1.29, 1.82) is 0 Å². The van der Waals surface area contributed by atoms with Crippen LogP contribution in [0.2, 0.25) is 0 Å². The number of aliphatic carboxylic acids is 1. The molecule has 1 atom stereocenters. The Morgan fingerprint density at radius 2 is 2.14 bits per heavy atom. The number of pyridine rings is 1. The van der Waals surface area contributed by atoms with Gasteiger partial charge in [-0.2, -0.15) is 5.10 Å². The molecule has 0 aliphatic carbocycles. The number of amides is 1. The Hall–Kier alpha value is -2.74. The Balaban J connectivity index is 2.16. The maximum atomic E-state index is 12.1. The van der Waals surface area contributed by atoms with Crippen molar-refractivity contribution in [2.75, 3.05) is 6.54 Å². The molecule has 0 saturated carbocycles. The molecule has 2 rings (SSSR count). The molecule has 0 aromatic carbocycles. The van der Waals surface area contributed by atoms with E-state index >= 15 is 0 Å². The Morgan fingerprint density at radius 1 is 1.41 bits per heavy atom. The first-order chi connectivity index (χ1) is 10.3. The second-order valence-electron chi connectivity index (χ2n) is 5.01. The first-order valence-electron chi connectivity index (χ1n) is 6.53. The summed E-state index contributed by atoms with van der Waals surface area (Å²) in [6.45, 7) is 2.40. The van der Waals surface area contributed by atoms with Crippen LogP contribution >= 0.6 is 0 Å². The molecule has 0 saturated heterocycles. The number of rotatable bonds is 5. The molecule has 8 heteroatoms. The zero-order valence-electron chi connectivity index (χ0n) is 12.1. The predicted octanol–water partition coefficient (Wildman–Crippen LogP) is 0.141. The van der Waals surface area contributed by atoms with Gasteiger partial charge in [0.1, 0.15) is 0 Å². The van der Waals surface area contributed by atoms with Gasteiger partial charge in [-0.05, 0) is 26.0 Å². The standard InChI is InChI=1S/C14H16N4O4/c1-9-10(12(19)16-8-14(2,22)13(20)21)7-17-18(9)11-5-3-4-6-15-11/h3-7,22H,8H2,1-2H3,(H,16,19)(H,20,21).